The molecule has 3 aromatic carbocycles. The fourth-order valence-electron chi connectivity index (χ4n) is 4.94. The Bertz CT molecular complexity index is 1430. The second kappa shape index (κ2) is 15.3. The monoisotopic (exact) mass is 606 g/mol. The first-order valence-corrected chi connectivity index (χ1v) is 15.6. The second-order valence-electron chi connectivity index (χ2n) is 12.6. The molecule has 0 aliphatic carbocycles. The molecule has 0 aliphatic rings. The van der Waals surface area contributed by atoms with Crippen molar-refractivity contribution in [3.63, 3.8) is 0 Å². The maximum atomic E-state index is 13.2. The van der Waals surface area contributed by atoms with Crippen LogP contribution in [0.3, 0.4) is 0 Å². The molecule has 44 heavy (non-hydrogen) atoms. The number of fused-ring (bicyclic) bond motifs is 1. The van der Waals surface area contributed by atoms with Gasteiger partial charge in [-0.2, -0.15) is 0 Å². The summed E-state index contributed by atoms with van der Waals surface area (Å²) in [5, 5.41) is 14.9. The van der Waals surface area contributed by atoms with Crippen LogP contribution >= 0.6 is 0 Å². The molecule has 240 valence electrons. The van der Waals surface area contributed by atoms with Gasteiger partial charge in [-0.1, -0.05) is 77.9 Å². The maximum Gasteiger partial charge on any atom is 0.258 e. The molecule has 3 aromatic rings. The van der Waals surface area contributed by atoms with Gasteiger partial charge in [0.25, 0.3) is 11.8 Å². The Morgan fingerprint density at radius 1 is 0.909 bits per heavy atom. The summed E-state index contributed by atoms with van der Waals surface area (Å²) < 4.78 is 17.3. The van der Waals surface area contributed by atoms with Crippen molar-refractivity contribution in [2.75, 3.05) is 26.9 Å². The van der Waals surface area contributed by atoms with E-state index in [4.69, 9.17) is 19.9 Å². The van der Waals surface area contributed by atoms with E-state index in [1.54, 1.807) is 24.3 Å². The van der Waals surface area contributed by atoms with Crippen LogP contribution in [0.15, 0.2) is 48.5 Å². The number of phenolic OH excluding ortho intramolecular Hbond substituents is 1. The van der Waals surface area contributed by atoms with Crippen LogP contribution in [0.5, 0.6) is 17.2 Å². The number of carbonyl (C=O) groups excluding carboxylic acids is 2. The molecule has 8 nitrogen and oxygen atoms in total. The topological polar surface area (TPSA) is 120 Å². The van der Waals surface area contributed by atoms with Gasteiger partial charge in [-0.25, -0.2) is 0 Å². The number of phenols is 1. The van der Waals surface area contributed by atoms with Crippen molar-refractivity contribution in [2.24, 2.45) is 5.73 Å². The van der Waals surface area contributed by atoms with Crippen molar-refractivity contribution in [1.82, 2.24) is 5.32 Å². The number of primary amides is 1. The van der Waals surface area contributed by atoms with Gasteiger partial charge in [0, 0.05) is 36.4 Å². The number of rotatable bonds is 17. The standard InChI is InChI=1S/C36H50N2O6/c1-8-35(3,4)24-16-17-29(28(22-24)36(5,6)9-2)43-20-13-12-19-38-34(41)27-23-31(44-30(33(37)40)18-21-42-7)25-14-10-11-15-26(25)32(27)39/h10-11,14-17,22-23,30,39H,8-9,12-13,18-21H2,1-7H3,(H2,37,40)(H,38,41). The van der Waals surface area contributed by atoms with Crippen molar-refractivity contribution in [1.29, 1.82) is 0 Å². The SMILES string of the molecule is CCC(C)(C)c1ccc(OCCCCNC(=O)c2cc(OC(CCOC)C(N)=O)c3ccccc3c2O)c(C(C)(C)CC)c1. The van der Waals surface area contributed by atoms with Gasteiger partial charge in [0.15, 0.2) is 6.10 Å². The predicted octanol–water partition coefficient (Wildman–Crippen LogP) is 6.78. The summed E-state index contributed by atoms with van der Waals surface area (Å²) >= 11 is 0. The summed E-state index contributed by atoms with van der Waals surface area (Å²) in [7, 11) is 1.53. The highest BCUT2D eigenvalue weighted by Crippen LogP contribution is 2.39. The van der Waals surface area contributed by atoms with E-state index in [0.29, 0.717) is 30.3 Å². The first-order valence-electron chi connectivity index (χ1n) is 15.6. The lowest BCUT2D eigenvalue weighted by Crippen LogP contribution is -2.34. The highest BCUT2D eigenvalue weighted by Gasteiger charge is 2.27. The smallest absolute Gasteiger partial charge is 0.258 e. The van der Waals surface area contributed by atoms with Crippen LogP contribution < -0.4 is 20.5 Å². The number of ether oxygens (including phenoxy) is 3. The zero-order chi connectivity index (χ0) is 32.5. The van der Waals surface area contributed by atoms with Crippen LogP contribution in [0, 0.1) is 0 Å². The lowest BCUT2D eigenvalue weighted by atomic mass is 9.76. The lowest BCUT2D eigenvalue weighted by Gasteiger charge is -2.30. The molecule has 0 aliphatic heterocycles. The van der Waals surface area contributed by atoms with Gasteiger partial charge >= 0.3 is 0 Å². The van der Waals surface area contributed by atoms with E-state index in [2.05, 4.69) is 65.1 Å². The summed E-state index contributed by atoms with van der Waals surface area (Å²) in [4.78, 5) is 25.2. The van der Waals surface area contributed by atoms with Gasteiger partial charge in [-0.05, 0) is 54.2 Å². The molecule has 0 saturated carbocycles. The molecule has 0 spiro atoms. The van der Waals surface area contributed by atoms with Crippen molar-refractivity contribution in [2.45, 2.75) is 90.6 Å². The fraction of sp³-hybridized carbons (Fsp3) is 0.500. The van der Waals surface area contributed by atoms with Crippen molar-refractivity contribution in [3.05, 3.63) is 65.2 Å². The zero-order valence-electron chi connectivity index (χ0n) is 27.4. The van der Waals surface area contributed by atoms with Crippen LogP contribution in [-0.2, 0) is 20.4 Å². The average molecular weight is 607 g/mol. The summed E-state index contributed by atoms with van der Waals surface area (Å²) in [6.45, 7) is 14.7. The zero-order valence-corrected chi connectivity index (χ0v) is 27.4. The molecular formula is C36H50N2O6. The predicted molar refractivity (Wildman–Crippen MR) is 176 cm³/mol. The van der Waals surface area contributed by atoms with E-state index in [9.17, 15) is 14.7 Å². The van der Waals surface area contributed by atoms with Crippen molar-refractivity contribution >= 4 is 22.6 Å². The fourth-order valence-corrected chi connectivity index (χ4v) is 4.94. The molecule has 3 rings (SSSR count). The van der Waals surface area contributed by atoms with E-state index in [-0.39, 0.29) is 40.9 Å². The van der Waals surface area contributed by atoms with Crippen molar-refractivity contribution in [3.8, 4) is 17.2 Å². The molecule has 0 heterocycles. The molecule has 8 heteroatoms. The lowest BCUT2D eigenvalue weighted by molar-refractivity contribution is -0.125. The number of amides is 2. The molecule has 0 bridgehead atoms. The molecular weight excluding hydrogens is 556 g/mol. The number of nitrogens with one attached hydrogen (secondary N) is 1. The van der Waals surface area contributed by atoms with Gasteiger partial charge in [0.2, 0.25) is 0 Å². The molecule has 1 unspecified atom stereocenters. The van der Waals surface area contributed by atoms with Gasteiger partial charge in [0.05, 0.1) is 18.8 Å². The van der Waals surface area contributed by atoms with Crippen LogP contribution in [0.1, 0.15) is 95.1 Å². The summed E-state index contributed by atoms with van der Waals surface area (Å²) in [6.07, 6.45) is 2.79. The first kappa shape index (κ1) is 34.7. The Labute approximate surface area is 262 Å². The highest BCUT2D eigenvalue weighted by molar-refractivity contribution is 6.06. The third-order valence-corrected chi connectivity index (χ3v) is 8.77. The van der Waals surface area contributed by atoms with Gasteiger partial charge in [-0.15, -0.1) is 0 Å². The largest absolute Gasteiger partial charge is 0.506 e. The minimum atomic E-state index is -0.948. The number of carbonyl (C=O) groups is 2. The number of aromatic hydroxyl groups is 1. The quantitative estimate of drug-likeness (QED) is 0.146. The van der Waals surface area contributed by atoms with E-state index >= 15 is 0 Å². The second-order valence-corrected chi connectivity index (χ2v) is 12.6. The molecule has 1 atom stereocenters. The van der Waals surface area contributed by atoms with Gasteiger partial charge < -0.3 is 30.4 Å². The van der Waals surface area contributed by atoms with Crippen LogP contribution in [0.25, 0.3) is 10.8 Å². The van der Waals surface area contributed by atoms with Crippen LogP contribution in [0.2, 0.25) is 0 Å². The van der Waals surface area contributed by atoms with Gasteiger partial charge in [-0.3, -0.25) is 9.59 Å². The number of benzene rings is 3. The summed E-state index contributed by atoms with van der Waals surface area (Å²) in [5.74, 6) is -0.0332. The minimum absolute atomic E-state index is 0.0190. The summed E-state index contributed by atoms with van der Waals surface area (Å²) in [5.41, 5.74) is 8.22. The minimum Gasteiger partial charge on any atom is -0.506 e. The number of nitrogens with two attached hydrogens (primary N) is 1. The maximum absolute atomic E-state index is 13.2. The average Bonchev–Trinajstić information content (AvgIpc) is 3.01. The Hall–Kier alpha value is -3.78. The molecule has 4 N–H and O–H groups in total. The third kappa shape index (κ3) is 8.44. The Morgan fingerprint density at radius 3 is 2.23 bits per heavy atom. The number of methoxy groups -OCH3 is 1. The Balaban J connectivity index is 1.66. The van der Waals surface area contributed by atoms with E-state index in [0.717, 1.165) is 25.0 Å². The molecule has 0 aromatic heterocycles. The van der Waals surface area contributed by atoms with Crippen LogP contribution in [0.4, 0.5) is 0 Å². The first-order chi connectivity index (χ1) is 20.9. The Kier molecular flexibility index (Phi) is 12.1. The normalized spacial score (nSPS) is 12.6. The van der Waals surface area contributed by atoms with E-state index in [1.165, 1.54) is 24.3 Å². The highest BCUT2D eigenvalue weighted by atomic mass is 16.5. The number of hydrogen-bond acceptors (Lipinski definition) is 6. The summed E-state index contributed by atoms with van der Waals surface area (Å²) in [6, 6.07) is 15.0. The third-order valence-electron chi connectivity index (χ3n) is 8.77. The van der Waals surface area contributed by atoms with Crippen LogP contribution in [-0.4, -0.2) is 49.9 Å². The van der Waals surface area contributed by atoms with Gasteiger partial charge in [0.1, 0.15) is 17.2 Å². The Morgan fingerprint density at radius 2 is 1.59 bits per heavy atom. The molecule has 0 fully saturated rings. The van der Waals surface area contributed by atoms with E-state index in [1.807, 2.05) is 0 Å². The molecule has 2 amide bonds. The van der Waals surface area contributed by atoms with Crippen molar-refractivity contribution < 1.29 is 28.9 Å². The number of hydrogen-bond donors (Lipinski definition) is 3. The van der Waals surface area contributed by atoms with E-state index < -0.39 is 17.9 Å². The molecule has 0 radical (unpaired) electrons. The molecule has 0 saturated heterocycles. The number of unbranched alkanes of at least 4 members (excludes halogenated alkanes) is 1.